The van der Waals surface area contributed by atoms with E-state index < -0.39 is 0 Å². The van der Waals surface area contributed by atoms with Gasteiger partial charge in [-0.2, -0.15) is 10.2 Å². The van der Waals surface area contributed by atoms with Gasteiger partial charge in [-0.25, -0.2) is 0 Å². The van der Waals surface area contributed by atoms with Crippen LogP contribution >= 0.6 is 0 Å². The number of aliphatic hydroxyl groups excluding tert-OH is 1. The van der Waals surface area contributed by atoms with Crippen LogP contribution in [0.2, 0.25) is 0 Å². The molecule has 1 aliphatic heterocycles. The number of morpholine rings is 1. The van der Waals surface area contributed by atoms with E-state index in [1.165, 1.54) is 0 Å². The minimum absolute atomic E-state index is 0.0777. The molecule has 1 aromatic rings. The van der Waals surface area contributed by atoms with E-state index in [-0.39, 0.29) is 24.7 Å². The zero-order valence-electron chi connectivity index (χ0n) is 11.5. The van der Waals surface area contributed by atoms with Crippen LogP contribution in [0.5, 0.6) is 0 Å². The van der Waals surface area contributed by atoms with Gasteiger partial charge < -0.3 is 14.7 Å². The quantitative estimate of drug-likeness (QED) is 0.833. The fraction of sp³-hybridized carbons (Fsp3) is 0.615. The molecule has 0 aromatic carbocycles. The van der Waals surface area contributed by atoms with Crippen molar-refractivity contribution in [2.75, 3.05) is 19.7 Å². The van der Waals surface area contributed by atoms with Crippen LogP contribution in [0.1, 0.15) is 28.7 Å². The number of ether oxygens (including phenoxy) is 1. The van der Waals surface area contributed by atoms with Crippen molar-refractivity contribution in [3.8, 4) is 0 Å². The molecule has 1 N–H and O–H groups in total. The van der Waals surface area contributed by atoms with E-state index in [2.05, 4.69) is 10.2 Å². The van der Waals surface area contributed by atoms with Crippen molar-refractivity contribution in [2.24, 2.45) is 0 Å². The highest BCUT2D eigenvalue weighted by Crippen LogP contribution is 2.16. The van der Waals surface area contributed by atoms with Crippen LogP contribution in [0.25, 0.3) is 0 Å². The summed E-state index contributed by atoms with van der Waals surface area (Å²) in [6.45, 7) is 6.32. The first-order valence-electron chi connectivity index (χ1n) is 6.37. The topological polar surface area (TPSA) is 75.6 Å². The van der Waals surface area contributed by atoms with Gasteiger partial charge in [0.05, 0.1) is 35.8 Å². The van der Waals surface area contributed by atoms with Gasteiger partial charge in [-0.05, 0) is 26.8 Å². The molecule has 0 spiro atoms. The summed E-state index contributed by atoms with van der Waals surface area (Å²) in [5.74, 6) is -0.0795. The second-order valence-electron chi connectivity index (χ2n) is 4.95. The average molecular weight is 265 g/mol. The molecule has 6 nitrogen and oxygen atoms in total. The molecule has 1 fully saturated rings. The summed E-state index contributed by atoms with van der Waals surface area (Å²) >= 11 is 0. The molecular weight excluding hydrogens is 246 g/mol. The van der Waals surface area contributed by atoms with Gasteiger partial charge in [0, 0.05) is 13.1 Å². The Morgan fingerprint density at radius 1 is 1.47 bits per heavy atom. The summed E-state index contributed by atoms with van der Waals surface area (Å²) in [5, 5.41) is 17.1. The number of aromatic nitrogens is 2. The van der Waals surface area contributed by atoms with Crippen LogP contribution in [-0.2, 0) is 4.74 Å². The molecule has 19 heavy (non-hydrogen) atoms. The van der Waals surface area contributed by atoms with Crippen LogP contribution in [0.15, 0.2) is 6.07 Å². The fourth-order valence-electron chi connectivity index (χ4n) is 2.25. The normalized spacial score (nSPS) is 23.5. The van der Waals surface area contributed by atoms with Crippen molar-refractivity contribution in [3.05, 3.63) is 23.0 Å². The van der Waals surface area contributed by atoms with Gasteiger partial charge >= 0.3 is 0 Å². The van der Waals surface area contributed by atoms with Crippen LogP contribution in [0.3, 0.4) is 0 Å². The molecule has 6 heteroatoms. The molecule has 2 unspecified atom stereocenters. The third kappa shape index (κ3) is 3.08. The Hall–Kier alpha value is -1.53. The number of amides is 1. The number of rotatable bonds is 2. The van der Waals surface area contributed by atoms with Crippen molar-refractivity contribution in [1.82, 2.24) is 15.1 Å². The number of hydrogen-bond acceptors (Lipinski definition) is 5. The lowest BCUT2D eigenvalue weighted by molar-refractivity contribution is -0.0858. The maximum absolute atomic E-state index is 12.5. The molecule has 0 radical (unpaired) electrons. The molecule has 104 valence electrons. The van der Waals surface area contributed by atoms with E-state index in [1.54, 1.807) is 17.9 Å². The van der Waals surface area contributed by atoms with Crippen LogP contribution in [-0.4, -0.2) is 58.0 Å². The fourth-order valence-corrected chi connectivity index (χ4v) is 2.25. The lowest BCUT2D eigenvalue weighted by atomic mass is 10.1. The van der Waals surface area contributed by atoms with Gasteiger partial charge in [-0.3, -0.25) is 4.79 Å². The summed E-state index contributed by atoms with van der Waals surface area (Å²) < 4.78 is 5.53. The first kappa shape index (κ1) is 13.9. The molecule has 2 heterocycles. The predicted molar refractivity (Wildman–Crippen MR) is 68.8 cm³/mol. The molecule has 1 aliphatic rings. The molecule has 0 saturated carbocycles. The molecule has 1 amide bonds. The Bertz CT molecular complexity index is 478. The first-order valence-corrected chi connectivity index (χ1v) is 6.37. The zero-order chi connectivity index (χ0) is 14.0. The van der Waals surface area contributed by atoms with Crippen LogP contribution in [0.4, 0.5) is 0 Å². The standard InChI is InChI=1S/C13H19N3O3/c1-8-4-12(10(3)15-14-8)13(18)16-5-9(2)19-11(6-16)7-17/h4,9,11,17H,5-7H2,1-3H3. The van der Waals surface area contributed by atoms with Gasteiger partial charge in [0.15, 0.2) is 0 Å². The molecule has 0 bridgehead atoms. The highest BCUT2D eigenvalue weighted by Gasteiger charge is 2.29. The van der Waals surface area contributed by atoms with E-state index in [0.29, 0.717) is 30.0 Å². The highest BCUT2D eigenvalue weighted by atomic mass is 16.5. The van der Waals surface area contributed by atoms with Crippen molar-refractivity contribution < 1.29 is 14.6 Å². The van der Waals surface area contributed by atoms with E-state index in [1.807, 2.05) is 13.8 Å². The third-order valence-corrected chi connectivity index (χ3v) is 3.15. The summed E-state index contributed by atoms with van der Waals surface area (Å²) in [4.78, 5) is 14.2. The Balaban J connectivity index is 2.21. The molecular formula is C13H19N3O3. The maximum Gasteiger partial charge on any atom is 0.256 e. The van der Waals surface area contributed by atoms with Crippen molar-refractivity contribution in [1.29, 1.82) is 0 Å². The highest BCUT2D eigenvalue weighted by molar-refractivity contribution is 5.95. The predicted octanol–water partition coefficient (Wildman–Crippen LogP) is 0.315. The Labute approximate surface area is 112 Å². The van der Waals surface area contributed by atoms with Gasteiger partial charge in [0.2, 0.25) is 0 Å². The monoisotopic (exact) mass is 265 g/mol. The first-order chi connectivity index (χ1) is 9.01. The number of nitrogens with zero attached hydrogens (tertiary/aromatic N) is 3. The summed E-state index contributed by atoms with van der Waals surface area (Å²) in [6, 6.07) is 1.75. The smallest absolute Gasteiger partial charge is 0.256 e. The molecule has 1 saturated heterocycles. The van der Waals surface area contributed by atoms with E-state index in [4.69, 9.17) is 4.74 Å². The summed E-state index contributed by atoms with van der Waals surface area (Å²) in [7, 11) is 0. The zero-order valence-corrected chi connectivity index (χ0v) is 11.5. The largest absolute Gasteiger partial charge is 0.394 e. The molecule has 1 aromatic heterocycles. The number of carbonyl (C=O) groups excluding carboxylic acids is 1. The van der Waals surface area contributed by atoms with Gasteiger partial charge in [0.25, 0.3) is 5.91 Å². The number of hydrogen-bond donors (Lipinski definition) is 1. The molecule has 2 rings (SSSR count). The Morgan fingerprint density at radius 2 is 2.21 bits per heavy atom. The minimum Gasteiger partial charge on any atom is -0.394 e. The minimum atomic E-state index is -0.316. The number of carbonyl (C=O) groups is 1. The van der Waals surface area contributed by atoms with E-state index >= 15 is 0 Å². The Kier molecular flexibility index (Phi) is 4.11. The summed E-state index contributed by atoms with van der Waals surface area (Å²) in [5.41, 5.74) is 1.91. The second kappa shape index (κ2) is 5.63. The van der Waals surface area contributed by atoms with Gasteiger partial charge in [0.1, 0.15) is 0 Å². The Morgan fingerprint density at radius 3 is 2.89 bits per heavy atom. The SMILES string of the molecule is Cc1cc(C(=O)N2CC(C)OC(CO)C2)c(C)nn1. The van der Waals surface area contributed by atoms with Crippen molar-refractivity contribution >= 4 is 5.91 Å². The van der Waals surface area contributed by atoms with Gasteiger partial charge in [-0.15, -0.1) is 0 Å². The van der Waals surface area contributed by atoms with E-state index in [0.717, 1.165) is 0 Å². The molecule has 0 aliphatic carbocycles. The number of aryl methyl sites for hydroxylation is 2. The maximum atomic E-state index is 12.5. The average Bonchev–Trinajstić information content (AvgIpc) is 2.40. The van der Waals surface area contributed by atoms with Crippen molar-refractivity contribution in [3.63, 3.8) is 0 Å². The lowest BCUT2D eigenvalue weighted by Gasteiger charge is -2.36. The van der Waals surface area contributed by atoms with Crippen LogP contribution in [0, 0.1) is 13.8 Å². The second-order valence-corrected chi connectivity index (χ2v) is 4.95. The molecule has 2 atom stereocenters. The summed E-state index contributed by atoms with van der Waals surface area (Å²) in [6.07, 6.45) is -0.394. The van der Waals surface area contributed by atoms with Crippen molar-refractivity contribution in [2.45, 2.75) is 33.0 Å². The van der Waals surface area contributed by atoms with E-state index in [9.17, 15) is 9.90 Å². The third-order valence-electron chi connectivity index (χ3n) is 3.15. The van der Waals surface area contributed by atoms with Crippen LogP contribution < -0.4 is 0 Å². The lowest BCUT2D eigenvalue weighted by Crippen LogP contribution is -2.50. The van der Waals surface area contributed by atoms with Gasteiger partial charge in [-0.1, -0.05) is 0 Å². The number of aliphatic hydroxyl groups is 1.